The van der Waals surface area contributed by atoms with Gasteiger partial charge in [-0.25, -0.2) is 0 Å². The van der Waals surface area contributed by atoms with Gasteiger partial charge < -0.3 is 20.7 Å². The number of rotatable bonds is 5. The van der Waals surface area contributed by atoms with Crippen LogP contribution in [0.15, 0.2) is 46.2 Å². The minimum absolute atomic E-state index is 0.0329. The third-order valence-electron chi connectivity index (χ3n) is 3.09. The van der Waals surface area contributed by atoms with Crippen LogP contribution in [0, 0.1) is 6.92 Å². The zero-order chi connectivity index (χ0) is 15.2. The number of amidine groups is 1. The number of amides is 1. The van der Waals surface area contributed by atoms with E-state index in [4.69, 9.17) is 15.4 Å². The fourth-order valence-electron chi connectivity index (χ4n) is 2.07. The zero-order valence-corrected chi connectivity index (χ0v) is 11.7. The Morgan fingerprint density at radius 2 is 2.19 bits per heavy atom. The summed E-state index contributed by atoms with van der Waals surface area (Å²) in [5.41, 5.74) is 7.51. The van der Waals surface area contributed by atoms with Crippen molar-refractivity contribution in [2.24, 2.45) is 10.9 Å². The number of carbonyl (C=O) groups is 1. The van der Waals surface area contributed by atoms with Gasteiger partial charge in [-0.3, -0.25) is 4.79 Å². The second kappa shape index (κ2) is 6.60. The molecule has 1 aromatic heterocycles. The van der Waals surface area contributed by atoms with Gasteiger partial charge in [0.2, 0.25) is 5.91 Å². The van der Waals surface area contributed by atoms with E-state index in [0.717, 1.165) is 11.3 Å². The molecule has 1 heterocycles. The van der Waals surface area contributed by atoms with Crippen LogP contribution in [0.4, 0.5) is 5.69 Å². The molecule has 110 valence electrons. The highest BCUT2D eigenvalue weighted by molar-refractivity contribution is 6.06. The average Bonchev–Trinajstić information content (AvgIpc) is 2.98. The first-order chi connectivity index (χ1) is 10.1. The van der Waals surface area contributed by atoms with E-state index in [1.54, 1.807) is 24.5 Å². The van der Waals surface area contributed by atoms with Gasteiger partial charge in [-0.2, -0.15) is 0 Å². The summed E-state index contributed by atoms with van der Waals surface area (Å²) < 4.78 is 5.18. The molecule has 1 amide bonds. The summed E-state index contributed by atoms with van der Waals surface area (Å²) >= 11 is 0. The van der Waals surface area contributed by atoms with Gasteiger partial charge in [-0.05, 0) is 30.7 Å². The molecule has 0 fully saturated rings. The third-order valence-corrected chi connectivity index (χ3v) is 3.09. The molecular formula is C15H17N3O3. The van der Waals surface area contributed by atoms with Crippen LogP contribution in [0.25, 0.3) is 0 Å². The Hall–Kier alpha value is -2.76. The topological polar surface area (TPSA) is 101 Å². The lowest BCUT2D eigenvalue weighted by Gasteiger charge is -2.12. The summed E-state index contributed by atoms with van der Waals surface area (Å²) in [5, 5.41) is 14.6. The molecule has 1 aromatic carbocycles. The number of nitrogens with two attached hydrogens (primary N) is 1. The number of oxime groups is 1. The Morgan fingerprint density at radius 1 is 1.38 bits per heavy atom. The van der Waals surface area contributed by atoms with Crippen molar-refractivity contribution in [1.29, 1.82) is 0 Å². The Balaban J connectivity index is 2.08. The Labute approximate surface area is 122 Å². The van der Waals surface area contributed by atoms with Gasteiger partial charge in [0.15, 0.2) is 5.84 Å². The van der Waals surface area contributed by atoms with E-state index >= 15 is 0 Å². The third kappa shape index (κ3) is 3.62. The lowest BCUT2D eigenvalue weighted by atomic mass is 10.1. The van der Waals surface area contributed by atoms with E-state index in [-0.39, 0.29) is 18.2 Å². The normalized spacial score (nSPS) is 11.4. The number of hydrogen-bond donors (Lipinski definition) is 3. The maximum atomic E-state index is 12.0. The van der Waals surface area contributed by atoms with Crippen molar-refractivity contribution in [3.8, 4) is 0 Å². The predicted octanol–water partition coefficient (Wildman–Crippen LogP) is 2.25. The fourth-order valence-corrected chi connectivity index (χ4v) is 2.07. The standard InChI is InChI=1S/C15H17N3O3/c1-10-4-2-6-12(14(10)15(16)18-20)17-13(19)8-7-11-5-3-9-21-11/h2-6,9,20H,7-8H2,1H3,(H2,16,18)(H,17,19). The summed E-state index contributed by atoms with van der Waals surface area (Å²) in [7, 11) is 0. The number of hydrogen-bond acceptors (Lipinski definition) is 4. The van der Waals surface area contributed by atoms with Crippen LogP contribution in [0.2, 0.25) is 0 Å². The Morgan fingerprint density at radius 3 is 2.86 bits per heavy atom. The first-order valence-electron chi connectivity index (χ1n) is 6.51. The summed E-state index contributed by atoms with van der Waals surface area (Å²) in [6, 6.07) is 8.94. The SMILES string of the molecule is Cc1cccc(NC(=O)CCc2ccco2)c1/C(N)=N/O. The van der Waals surface area contributed by atoms with Gasteiger partial charge in [-0.15, -0.1) is 0 Å². The molecule has 6 heteroatoms. The highest BCUT2D eigenvalue weighted by atomic mass is 16.4. The molecule has 0 bridgehead atoms. The van der Waals surface area contributed by atoms with Gasteiger partial charge in [0.25, 0.3) is 0 Å². The Bertz CT molecular complexity index is 648. The van der Waals surface area contributed by atoms with Crippen LogP contribution in [-0.2, 0) is 11.2 Å². The lowest BCUT2D eigenvalue weighted by molar-refractivity contribution is -0.116. The van der Waals surface area contributed by atoms with E-state index in [2.05, 4.69) is 10.5 Å². The van der Waals surface area contributed by atoms with Crippen LogP contribution in [0.1, 0.15) is 23.3 Å². The van der Waals surface area contributed by atoms with Crippen LogP contribution < -0.4 is 11.1 Å². The van der Waals surface area contributed by atoms with E-state index in [1.165, 1.54) is 0 Å². The molecule has 0 saturated carbocycles. The van der Waals surface area contributed by atoms with Crippen molar-refractivity contribution in [2.45, 2.75) is 19.8 Å². The monoisotopic (exact) mass is 287 g/mol. The van der Waals surface area contributed by atoms with Crippen molar-refractivity contribution in [2.75, 3.05) is 5.32 Å². The van der Waals surface area contributed by atoms with Crippen LogP contribution in [0.3, 0.4) is 0 Å². The second-order valence-corrected chi connectivity index (χ2v) is 4.61. The molecular weight excluding hydrogens is 270 g/mol. The van der Waals surface area contributed by atoms with Crippen LogP contribution >= 0.6 is 0 Å². The van der Waals surface area contributed by atoms with Gasteiger partial charge in [0, 0.05) is 18.4 Å². The van der Waals surface area contributed by atoms with E-state index in [0.29, 0.717) is 17.7 Å². The van der Waals surface area contributed by atoms with Gasteiger partial charge in [0.05, 0.1) is 12.0 Å². The van der Waals surface area contributed by atoms with Gasteiger partial charge in [0.1, 0.15) is 5.76 Å². The summed E-state index contributed by atoms with van der Waals surface area (Å²) in [5.74, 6) is 0.560. The molecule has 0 aliphatic rings. The number of nitrogens with zero attached hydrogens (tertiary/aromatic N) is 1. The van der Waals surface area contributed by atoms with E-state index in [1.807, 2.05) is 19.1 Å². The molecule has 2 aromatic rings. The van der Waals surface area contributed by atoms with Crippen LogP contribution in [0.5, 0.6) is 0 Å². The van der Waals surface area contributed by atoms with E-state index in [9.17, 15) is 4.79 Å². The van der Waals surface area contributed by atoms with Crippen LogP contribution in [-0.4, -0.2) is 17.0 Å². The smallest absolute Gasteiger partial charge is 0.224 e. The quantitative estimate of drug-likeness (QED) is 0.340. The van der Waals surface area contributed by atoms with Crippen molar-refractivity contribution >= 4 is 17.4 Å². The van der Waals surface area contributed by atoms with Crippen molar-refractivity contribution in [3.05, 3.63) is 53.5 Å². The molecule has 0 aliphatic carbocycles. The fraction of sp³-hybridized carbons (Fsp3) is 0.200. The molecule has 0 spiro atoms. The highest BCUT2D eigenvalue weighted by Gasteiger charge is 2.13. The number of aryl methyl sites for hydroxylation is 2. The van der Waals surface area contributed by atoms with Gasteiger partial charge >= 0.3 is 0 Å². The first-order valence-corrected chi connectivity index (χ1v) is 6.51. The maximum absolute atomic E-state index is 12.0. The molecule has 2 rings (SSSR count). The summed E-state index contributed by atoms with van der Waals surface area (Å²) in [4.78, 5) is 12.0. The number of carbonyl (C=O) groups excluding carboxylic acids is 1. The molecule has 0 atom stereocenters. The largest absolute Gasteiger partial charge is 0.469 e. The van der Waals surface area contributed by atoms with Crippen molar-refractivity contribution < 1.29 is 14.4 Å². The number of furan rings is 1. The van der Waals surface area contributed by atoms with Gasteiger partial charge in [-0.1, -0.05) is 17.3 Å². The molecule has 0 radical (unpaired) electrons. The Kier molecular flexibility index (Phi) is 4.61. The molecule has 0 unspecified atom stereocenters. The molecule has 6 nitrogen and oxygen atoms in total. The molecule has 0 saturated heterocycles. The summed E-state index contributed by atoms with van der Waals surface area (Å²) in [6.45, 7) is 1.83. The highest BCUT2D eigenvalue weighted by Crippen LogP contribution is 2.19. The minimum Gasteiger partial charge on any atom is -0.469 e. The average molecular weight is 287 g/mol. The first kappa shape index (κ1) is 14.6. The molecule has 4 N–H and O–H groups in total. The second-order valence-electron chi connectivity index (χ2n) is 4.61. The number of nitrogens with one attached hydrogen (secondary N) is 1. The van der Waals surface area contributed by atoms with Crippen molar-refractivity contribution in [3.63, 3.8) is 0 Å². The molecule has 21 heavy (non-hydrogen) atoms. The van der Waals surface area contributed by atoms with Crippen molar-refractivity contribution in [1.82, 2.24) is 0 Å². The lowest BCUT2D eigenvalue weighted by Crippen LogP contribution is -2.20. The maximum Gasteiger partial charge on any atom is 0.224 e. The molecule has 0 aliphatic heterocycles. The van der Waals surface area contributed by atoms with E-state index < -0.39 is 0 Å². The minimum atomic E-state index is -0.163. The number of anilines is 1. The predicted molar refractivity (Wildman–Crippen MR) is 79.3 cm³/mol. The number of benzene rings is 1. The summed E-state index contributed by atoms with van der Waals surface area (Å²) in [6.07, 6.45) is 2.38. The zero-order valence-electron chi connectivity index (χ0n) is 11.7.